The Morgan fingerprint density at radius 2 is 1.88 bits per heavy atom. The van der Waals surface area contributed by atoms with Crippen molar-refractivity contribution in [3.63, 3.8) is 0 Å². The molecule has 1 aliphatic carbocycles. The summed E-state index contributed by atoms with van der Waals surface area (Å²) in [6.45, 7) is 0.800. The topological polar surface area (TPSA) is 64.3 Å². The third-order valence-corrected chi connectivity index (χ3v) is 4.57. The molecule has 0 aromatic heterocycles. The fourth-order valence-electron chi connectivity index (χ4n) is 2.55. The Morgan fingerprint density at radius 3 is 2.60 bits per heavy atom. The van der Waals surface area contributed by atoms with Crippen LogP contribution < -0.4 is 15.8 Å². The highest BCUT2D eigenvalue weighted by Crippen LogP contribution is 2.31. The van der Waals surface area contributed by atoms with Gasteiger partial charge in [-0.3, -0.25) is 4.79 Å². The van der Waals surface area contributed by atoms with E-state index in [1.54, 1.807) is 12.1 Å². The summed E-state index contributed by atoms with van der Waals surface area (Å²) in [5.74, 6) is 0.924. The molecule has 134 valence electrons. The molecule has 0 aliphatic heterocycles. The van der Waals surface area contributed by atoms with E-state index in [1.807, 2.05) is 36.4 Å². The van der Waals surface area contributed by atoms with Crippen LogP contribution in [-0.2, 0) is 6.61 Å². The van der Waals surface area contributed by atoms with Crippen LogP contribution in [0.3, 0.4) is 0 Å². The molecule has 25 heavy (non-hydrogen) atoms. The maximum Gasteiger partial charge on any atom is 0.255 e. The number of rotatable bonds is 7. The minimum Gasteiger partial charge on any atom is -0.488 e. The molecular formula is C19H22Cl2N2O2. The van der Waals surface area contributed by atoms with Gasteiger partial charge in [0.05, 0.1) is 5.56 Å². The molecule has 1 saturated carbocycles. The Bertz CT molecular complexity index is 720. The summed E-state index contributed by atoms with van der Waals surface area (Å²) in [6, 6.07) is 14.7. The third kappa shape index (κ3) is 5.36. The molecule has 1 atom stereocenters. The molecule has 3 rings (SSSR count). The largest absolute Gasteiger partial charge is 0.488 e. The van der Waals surface area contributed by atoms with Gasteiger partial charge in [-0.2, -0.15) is 0 Å². The van der Waals surface area contributed by atoms with Crippen molar-refractivity contribution in [2.75, 3.05) is 6.54 Å². The summed E-state index contributed by atoms with van der Waals surface area (Å²) < 4.78 is 5.82. The van der Waals surface area contributed by atoms with E-state index in [-0.39, 0.29) is 24.4 Å². The van der Waals surface area contributed by atoms with E-state index in [4.69, 9.17) is 22.1 Å². The maximum atomic E-state index is 12.4. The van der Waals surface area contributed by atoms with E-state index >= 15 is 0 Å². The summed E-state index contributed by atoms with van der Waals surface area (Å²) in [5, 5.41) is 3.55. The van der Waals surface area contributed by atoms with E-state index < -0.39 is 0 Å². The zero-order valence-corrected chi connectivity index (χ0v) is 15.4. The number of nitrogens with one attached hydrogen (secondary N) is 1. The number of benzene rings is 2. The standard InChI is InChI=1S/C19H21ClN2O2.ClH/c20-16-7-3-1-5-14(16)12-24-18-8-4-2-6-15(18)19(23)22-11-17(21)13-9-10-13;/h1-8,13,17H,9-12,21H2,(H,22,23);1H. The Kier molecular flexibility index (Phi) is 7.12. The lowest BCUT2D eigenvalue weighted by Crippen LogP contribution is -2.38. The first kappa shape index (κ1) is 19.6. The predicted octanol–water partition coefficient (Wildman–Crippen LogP) is 3.81. The average molecular weight is 381 g/mol. The third-order valence-electron chi connectivity index (χ3n) is 4.20. The van der Waals surface area contributed by atoms with Gasteiger partial charge in [-0.1, -0.05) is 41.9 Å². The second-order valence-corrected chi connectivity index (χ2v) is 6.49. The molecule has 2 aromatic carbocycles. The summed E-state index contributed by atoms with van der Waals surface area (Å²) >= 11 is 6.14. The smallest absolute Gasteiger partial charge is 0.255 e. The van der Waals surface area contributed by atoms with Crippen molar-refractivity contribution >= 4 is 29.9 Å². The average Bonchev–Trinajstić information content (AvgIpc) is 3.44. The van der Waals surface area contributed by atoms with Crippen LogP contribution in [0.1, 0.15) is 28.8 Å². The summed E-state index contributed by atoms with van der Waals surface area (Å²) in [5.41, 5.74) is 7.42. The molecule has 0 heterocycles. The number of para-hydroxylation sites is 1. The molecule has 2 aromatic rings. The summed E-state index contributed by atoms with van der Waals surface area (Å²) in [4.78, 5) is 12.4. The van der Waals surface area contributed by atoms with Crippen LogP contribution in [0, 0.1) is 5.92 Å². The van der Waals surface area contributed by atoms with Gasteiger partial charge in [0, 0.05) is 23.2 Å². The fourth-order valence-corrected chi connectivity index (χ4v) is 2.74. The van der Waals surface area contributed by atoms with E-state index in [0.29, 0.717) is 35.4 Å². The highest BCUT2D eigenvalue weighted by molar-refractivity contribution is 6.31. The Labute approximate surface area is 159 Å². The highest BCUT2D eigenvalue weighted by Gasteiger charge is 2.28. The van der Waals surface area contributed by atoms with Crippen LogP contribution in [0.25, 0.3) is 0 Å². The summed E-state index contributed by atoms with van der Waals surface area (Å²) in [6.07, 6.45) is 2.32. The van der Waals surface area contributed by atoms with Gasteiger partial charge in [0.1, 0.15) is 12.4 Å². The number of nitrogens with two attached hydrogens (primary N) is 1. The van der Waals surface area contributed by atoms with Crippen molar-refractivity contribution in [1.82, 2.24) is 5.32 Å². The molecule has 6 heteroatoms. The van der Waals surface area contributed by atoms with Gasteiger partial charge in [0.15, 0.2) is 0 Å². The number of ether oxygens (including phenoxy) is 1. The lowest BCUT2D eigenvalue weighted by Gasteiger charge is -2.14. The zero-order valence-electron chi connectivity index (χ0n) is 13.8. The van der Waals surface area contributed by atoms with E-state index in [1.165, 1.54) is 0 Å². The lowest BCUT2D eigenvalue weighted by molar-refractivity contribution is 0.0945. The molecule has 0 bridgehead atoms. The molecule has 1 amide bonds. The van der Waals surface area contributed by atoms with E-state index in [2.05, 4.69) is 5.32 Å². The second kappa shape index (κ2) is 9.09. The van der Waals surface area contributed by atoms with Crippen molar-refractivity contribution in [1.29, 1.82) is 0 Å². The fraction of sp³-hybridized carbons (Fsp3) is 0.316. The van der Waals surface area contributed by atoms with Gasteiger partial charge in [-0.25, -0.2) is 0 Å². The Hall–Kier alpha value is -1.75. The van der Waals surface area contributed by atoms with Gasteiger partial charge in [0.2, 0.25) is 0 Å². The van der Waals surface area contributed by atoms with Crippen LogP contribution in [-0.4, -0.2) is 18.5 Å². The minimum absolute atomic E-state index is 0. The number of halogens is 2. The first-order valence-corrected chi connectivity index (χ1v) is 8.52. The van der Waals surface area contributed by atoms with Crippen molar-refractivity contribution in [3.8, 4) is 5.75 Å². The molecule has 1 unspecified atom stereocenters. The predicted molar refractivity (Wildman–Crippen MR) is 103 cm³/mol. The normalized spacial score (nSPS) is 14.3. The van der Waals surface area contributed by atoms with Gasteiger partial charge >= 0.3 is 0 Å². The van der Waals surface area contributed by atoms with Crippen LogP contribution >= 0.6 is 24.0 Å². The van der Waals surface area contributed by atoms with Crippen LogP contribution in [0.4, 0.5) is 0 Å². The molecule has 4 nitrogen and oxygen atoms in total. The van der Waals surface area contributed by atoms with Gasteiger partial charge in [-0.15, -0.1) is 12.4 Å². The van der Waals surface area contributed by atoms with Crippen molar-refractivity contribution in [2.24, 2.45) is 11.7 Å². The van der Waals surface area contributed by atoms with E-state index in [9.17, 15) is 4.79 Å². The number of hydrogen-bond donors (Lipinski definition) is 2. The van der Waals surface area contributed by atoms with Gasteiger partial charge in [-0.05, 0) is 37.0 Å². The molecule has 0 saturated heterocycles. The number of carbonyl (C=O) groups is 1. The van der Waals surface area contributed by atoms with E-state index in [0.717, 1.165) is 18.4 Å². The number of hydrogen-bond acceptors (Lipinski definition) is 3. The SMILES string of the molecule is Cl.NC(CNC(=O)c1ccccc1OCc1ccccc1Cl)C1CC1. The highest BCUT2D eigenvalue weighted by atomic mass is 35.5. The number of carbonyl (C=O) groups excluding carboxylic acids is 1. The van der Waals surface area contributed by atoms with Gasteiger partial charge < -0.3 is 15.8 Å². The van der Waals surface area contributed by atoms with Crippen molar-refractivity contribution in [3.05, 3.63) is 64.7 Å². The maximum absolute atomic E-state index is 12.4. The van der Waals surface area contributed by atoms with Crippen LogP contribution in [0.5, 0.6) is 5.75 Å². The van der Waals surface area contributed by atoms with Crippen LogP contribution in [0.2, 0.25) is 5.02 Å². The van der Waals surface area contributed by atoms with Crippen molar-refractivity contribution < 1.29 is 9.53 Å². The summed E-state index contributed by atoms with van der Waals surface area (Å²) in [7, 11) is 0. The molecule has 1 aliphatic rings. The molecule has 0 spiro atoms. The second-order valence-electron chi connectivity index (χ2n) is 6.09. The zero-order chi connectivity index (χ0) is 16.9. The molecule has 0 radical (unpaired) electrons. The first-order chi connectivity index (χ1) is 11.6. The number of amides is 1. The quantitative estimate of drug-likeness (QED) is 0.767. The minimum atomic E-state index is -0.166. The molecule has 3 N–H and O–H groups in total. The first-order valence-electron chi connectivity index (χ1n) is 8.14. The van der Waals surface area contributed by atoms with Crippen molar-refractivity contribution in [2.45, 2.75) is 25.5 Å². The van der Waals surface area contributed by atoms with Gasteiger partial charge in [0.25, 0.3) is 5.91 Å². The Morgan fingerprint density at radius 1 is 1.20 bits per heavy atom. The molecule has 1 fully saturated rings. The van der Waals surface area contributed by atoms with Crippen LogP contribution in [0.15, 0.2) is 48.5 Å². The Balaban J connectivity index is 0.00000225. The monoisotopic (exact) mass is 380 g/mol. The molecular weight excluding hydrogens is 359 g/mol. The lowest BCUT2D eigenvalue weighted by atomic mass is 10.1.